The number of aromatic amines is 1. The number of nitrogens with zero attached hydrogens (tertiary/aromatic N) is 4. The lowest BCUT2D eigenvalue weighted by molar-refractivity contribution is -0.136. The van der Waals surface area contributed by atoms with Gasteiger partial charge in [0.15, 0.2) is 6.29 Å². The molecule has 1 saturated heterocycles. The van der Waals surface area contributed by atoms with Crippen LogP contribution in [0.5, 0.6) is 0 Å². The number of nitrogens with one attached hydrogen (secondary N) is 1. The number of imidazole rings is 1. The van der Waals surface area contributed by atoms with Gasteiger partial charge >= 0.3 is 11.9 Å². The zero-order valence-electron chi connectivity index (χ0n) is 16.5. The average Bonchev–Trinajstić information content (AvgIpc) is 3.37. The number of H-pyrrole nitrogens is 1. The van der Waals surface area contributed by atoms with E-state index in [4.69, 9.17) is 4.74 Å². The van der Waals surface area contributed by atoms with Crippen molar-refractivity contribution in [2.24, 2.45) is 0 Å². The number of hydrogen-bond acceptors (Lipinski definition) is 5. The molecule has 4 aromatic rings. The normalized spacial score (nSPS) is 15.6. The van der Waals surface area contributed by atoms with E-state index in [2.05, 4.69) is 15.2 Å². The first-order valence-corrected chi connectivity index (χ1v) is 9.64. The summed E-state index contributed by atoms with van der Waals surface area (Å²) in [5.41, 5.74) is -1.45. The van der Waals surface area contributed by atoms with Crippen LogP contribution in [0.25, 0.3) is 11.2 Å². The van der Waals surface area contributed by atoms with E-state index in [9.17, 15) is 22.8 Å². The fraction of sp³-hybridized carbons (Fsp3) is 0.238. The maximum absolute atomic E-state index is 13.6. The summed E-state index contributed by atoms with van der Waals surface area (Å²) >= 11 is 0. The first kappa shape index (κ1) is 20.2. The van der Waals surface area contributed by atoms with Crippen molar-refractivity contribution in [2.45, 2.75) is 18.0 Å². The van der Waals surface area contributed by atoms with E-state index in [0.29, 0.717) is 31.1 Å². The van der Waals surface area contributed by atoms with Gasteiger partial charge in [0.05, 0.1) is 30.0 Å². The Labute approximate surface area is 178 Å². The van der Waals surface area contributed by atoms with Gasteiger partial charge in [0, 0.05) is 29.8 Å². The van der Waals surface area contributed by atoms with Crippen LogP contribution in [-0.4, -0.2) is 43.6 Å². The number of carbonyl (C=O) groups is 1. The number of fused-ring (bicyclic) bond motifs is 1. The van der Waals surface area contributed by atoms with Crippen LogP contribution in [0, 0.1) is 0 Å². The minimum absolute atomic E-state index is 0.240. The van der Waals surface area contributed by atoms with Gasteiger partial charge in [-0.15, -0.1) is 0 Å². The molecular weight excluding hydrogens is 427 g/mol. The van der Waals surface area contributed by atoms with Crippen molar-refractivity contribution >= 4 is 11.8 Å². The average molecular weight is 443 g/mol. The van der Waals surface area contributed by atoms with E-state index < -0.39 is 17.4 Å². The Morgan fingerprint density at radius 1 is 1.22 bits per heavy atom. The van der Waals surface area contributed by atoms with Crippen LogP contribution in [0.15, 0.2) is 53.8 Å². The molecule has 0 saturated carbocycles. The second-order valence-corrected chi connectivity index (χ2v) is 7.77. The summed E-state index contributed by atoms with van der Waals surface area (Å²) in [7, 11) is 0. The molecule has 4 heterocycles. The highest BCUT2D eigenvalue weighted by Gasteiger charge is 2.41. The molecule has 1 aliphatic rings. The Bertz CT molecular complexity index is 1370. The second kappa shape index (κ2) is 7.16. The Morgan fingerprint density at radius 3 is 2.66 bits per heavy atom. The zero-order chi connectivity index (χ0) is 22.5. The number of alkyl halides is 3. The lowest BCUT2D eigenvalue weighted by atomic mass is 9.75. The number of aldehydes is 1. The second-order valence-electron chi connectivity index (χ2n) is 7.77. The Hall–Kier alpha value is -3.73. The fourth-order valence-corrected chi connectivity index (χ4v) is 4.03. The zero-order valence-corrected chi connectivity index (χ0v) is 16.5. The minimum atomic E-state index is -4.73. The van der Waals surface area contributed by atoms with E-state index in [-0.39, 0.29) is 22.8 Å². The highest BCUT2D eigenvalue weighted by atomic mass is 19.4. The molecule has 0 spiro atoms. The van der Waals surface area contributed by atoms with Gasteiger partial charge in [-0.25, -0.2) is 9.78 Å². The van der Waals surface area contributed by atoms with Crippen molar-refractivity contribution in [1.82, 2.24) is 24.1 Å². The van der Waals surface area contributed by atoms with Gasteiger partial charge in [-0.1, -0.05) is 12.1 Å². The Balaban J connectivity index is 1.63. The van der Waals surface area contributed by atoms with Gasteiger partial charge in [0.25, 0.3) is 0 Å². The predicted molar refractivity (Wildman–Crippen MR) is 106 cm³/mol. The number of benzene rings is 1. The molecule has 1 N–H and O–H groups in total. The predicted octanol–water partition coefficient (Wildman–Crippen LogP) is 2.55. The van der Waals surface area contributed by atoms with E-state index >= 15 is 0 Å². The summed E-state index contributed by atoms with van der Waals surface area (Å²) in [5, 5.41) is 6.68. The molecule has 0 bridgehead atoms. The molecule has 0 radical (unpaired) electrons. The van der Waals surface area contributed by atoms with Gasteiger partial charge in [0.2, 0.25) is 0 Å². The van der Waals surface area contributed by atoms with E-state index in [0.717, 1.165) is 33.0 Å². The third-order valence-corrected chi connectivity index (χ3v) is 5.69. The summed E-state index contributed by atoms with van der Waals surface area (Å²) in [6, 6.07) is 7.75. The first-order valence-electron chi connectivity index (χ1n) is 9.64. The van der Waals surface area contributed by atoms with Gasteiger partial charge in [-0.05, 0) is 23.8 Å². The van der Waals surface area contributed by atoms with Crippen molar-refractivity contribution in [3.05, 3.63) is 82.1 Å². The van der Waals surface area contributed by atoms with Crippen LogP contribution in [-0.2, 0) is 22.7 Å². The third kappa shape index (κ3) is 3.21. The lowest BCUT2D eigenvalue weighted by Crippen LogP contribution is -2.48. The molecule has 0 unspecified atom stereocenters. The minimum Gasteiger partial charge on any atom is -0.379 e. The molecule has 5 rings (SSSR count). The number of halogens is 3. The first-order chi connectivity index (χ1) is 15.3. The van der Waals surface area contributed by atoms with E-state index in [1.54, 1.807) is 18.2 Å². The standard InChI is InChI=1S/C21H16F3N5O3/c22-21(23,24)16-4-13(9-30)7-29-17(16)8-28(19(29)31)15-3-1-2-14(5-15)20(10-32-11-20)6-18-25-12-26-27-18/h1-5,7-9,12H,6,10-11H2,(H,25,26,27). The van der Waals surface area contributed by atoms with Gasteiger partial charge in [-0.3, -0.25) is 18.9 Å². The molecule has 8 nitrogen and oxygen atoms in total. The monoisotopic (exact) mass is 443 g/mol. The molecular formula is C21H16F3N5O3. The Kier molecular flexibility index (Phi) is 4.52. The van der Waals surface area contributed by atoms with Crippen LogP contribution in [0.3, 0.4) is 0 Å². The molecule has 0 aliphatic carbocycles. The van der Waals surface area contributed by atoms with E-state index in [1.807, 2.05) is 6.07 Å². The van der Waals surface area contributed by atoms with Gasteiger partial charge in [-0.2, -0.15) is 18.3 Å². The Morgan fingerprint density at radius 2 is 2.03 bits per heavy atom. The molecule has 0 atom stereocenters. The van der Waals surface area contributed by atoms with Crippen molar-refractivity contribution in [1.29, 1.82) is 0 Å². The molecule has 32 heavy (non-hydrogen) atoms. The molecule has 1 aromatic carbocycles. The van der Waals surface area contributed by atoms with Gasteiger partial charge < -0.3 is 4.74 Å². The van der Waals surface area contributed by atoms with Crippen LogP contribution >= 0.6 is 0 Å². The number of hydrogen-bond donors (Lipinski definition) is 1. The lowest BCUT2D eigenvalue weighted by Gasteiger charge is -2.41. The summed E-state index contributed by atoms with van der Waals surface area (Å²) in [6.07, 6.45) is -0.260. The van der Waals surface area contributed by atoms with Crippen molar-refractivity contribution in [3.63, 3.8) is 0 Å². The molecule has 164 valence electrons. The molecule has 11 heteroatoms. The van der Waals surface area contributed by atoms with Crippen molar-refractivity contribution in [2.75, 3.05) is 13.2 Å². The van der Waals surface area contributed by atoms with Crippen LogP contribution in [0.4, 0.5) is 13.2 Å². The smallest absolute Gasteiger partial charge is 0.379 e. The number of aromatic nitrogens is 5. The third-order valence-electron chi connectivity index (χ3n) is 5.69. The maximum Gasteiger partial charge on any atom is 0.418 e. The van der Waals surface area contributed by atoms with Crippen molar-refractivity contribution in [3.8, 4) is 5.69 Å². The fourth-order valence-electron chi connectivity index (χ4n) is 4.03. The quantitative estimate of drug-likeness (QED) is 0.479. The largest absolute Gasteiger partial charge is 0.418 e. The summed E-state index contributed by atoms with van der Waals surface area (Å²) in [4.78, 5) is 28.3. The van der Waals surface area contributed by atoms with Crippen LogP contribution in [0.2, 0.25) is 0 Å². The highest BCUT2D eigenvalue weighted by Crippen LogP contribution is 2.36. The summed E-state index contributed by atoms with van der Waals surface area (Å²) in [6.45, 7) is 0.870. The molecule has 3 aromatic heterocycles. The van der Waals surface area contributed by atoms with Crippen molar-refractivity contribution < 1.29 is 22.7 Å². The molecule has 0 amide bonds. The number of carbonyl (C=O) groups excluding carboxylic acids is 1. The number of ether oxygens (including phenoxy) is 1. The van der Waals surface area contributed by atoms with E-state index in [1.165, 1.54) is 6.33 Å². The number of pyridine rings is 1. The topological polar surface area (TPSA) is 94.3 Å². The van der Waals surface area contributed by atoms with Crippen LogP contribution in [0.1, 0.15) is 27.3 Å². The maximum atomic E-state index is 13.6. The van der Waals surface area contributed by atoms with Gasteiger partial charge in [0.1, 0.15) is 12.2 Å². The summed E-state index contributed by atoms with van der Waals surface area (Å²) < 4.78 is 48.1. The highest BCUT2D eigenvalue weighted by molar-refractivity contribution is 5.76. The van der Waals surface area contributed by atoms with Crippen LogP contribution < -0.4 is 5.69 Å². The SMILES string of the molecule is O=Cc1cc(C(F)(F)F)c2cn(-c3cccc(C4(Cc5ncn[nH]5)COC4)c3)c(=O)n2c1. The summed E-state index contributed by atoms with van der Waals surface area (Å²) in [5.74, 6) is 0.682. The number of rotatable bonds is 5. The molecule has 1 fully saturated rings. The molecule has 1 aliphatic heterocycles.